The number of hydroxylamine groups is 1. The maximum Gasteiger partial charge on any atom is 0.414 e. The zero-order valence-electron chi connectivity index (χ0n) is 8.02. The van der Waals surface area contributed by atoms with E-state index in [1.807, 2.05) is 0 Å². The minimum atomic E-state index is -4.59. The van der Waals surface area contributed by atoms with Crippen LogP contribution in [0, 0.1) is 5.82 Å². The molecule has 0 bridgehead atoms. The van der Waals surface area contributed by atoms with E-state index in [4.69, 9.17) is 11.6 Å². The van der Waals surface area contributed by atoms with E-state index in [0.29, 0.717) is 0 Å². The molecule has 0 fully saturated rings. The van der Waals surface area contributed by atoms with Crippen molar-refractivity contribution in [3.8, 4) is 0 Å². The molecule has 0 aliphatic rings. The van der Waals surface area contributed by atoms with Gasteiger partial charge in [0.15, 0.2) is 6.61 Å². The predicted molar refractivity (Wildman–Crippen MR) is 48.7 cm³/mol. The highest BCUT2D eigenvalue weighted by molar-refractivity contribution is 6.32. The second kappa shape index (κ2) is 5.28. The Kier molecular flexibility index (Phi) is 4.24. The van der Waals surface area contributed by atoms with Gasteiger partial charge in [0, 0.05) is 0 Å². The zero-order chi connectivity index (χ0) is 13.1. The number of halogens is 5. The van der Waals surface area contributed by atoms with Gasteiger partial charge in [0.25, 0.3) is 5.91 Å². The highest BCUT2D eigenvalue weighted by Gasteiger charge is 2.28. The number of amides is 1. The summed E-state index contributed by atoms with van der Waals surface area (Å²) in [5.41, 5.74) is 1.05. The Morgan fingerprint density at radius 3 is 2.76 bits per heavy atom. The van der Waals surface area contributed by atoms with E-state index in [2.05, 4.69) is 9.82 Å². The molecular weight excluding hydrogens is 268 g/mol. The van der Waals surface area contributed by atoms with Crippen molar-refractivity contribution in [3.63, 3.8) is 0 Å². The van der Waals surface area contributed by atoms with Crippen LogP contribution in [-0.2, 0) is 4.84 Å². The Hall–Kier alpha value is -1.41. The summed E-state index contributed by atoms with van der Waals surface area (Å²) >= 11 is 5.44. The third kappa shape index (κ3) is 4.53. The molecule has 0 saturated carbocycles. The number of rotatable bonds is 3. The van der Waals surface area contributed by atoms with Crippen LogP contribution in [0.2, 0.25) is 5.15 Å². The normalized spacial score (nSPS) is 11.4. The van der Waals surface area contributed by atoms with E-state index in [-0.39, 0.29) is 5.15 Å². The lowest BCUT2D eigenvalue weighted by Gasteiger charge is -2.08. The smallest absolute Gasteiger partial charge is 0.267 e. The molecule has 1 aromatic rings. The molecule has 94 valence electrons. The van der Waals surface area contributed by atoms with Crippen molar-refractivity contribution in [3.05, 3.63) is 28.8 Å². The lowest BCUT2D eigenvalue weighted by Crippen LogP contribution is -2.29. The highest BCUT2D eigenvalue weighted by atomic mass is 35.5. The van der Waals surface area contributed by atoms with Crippen LogP contribution in [0.4, 0.5) is 17.6 Å². The minimum absolute atomic E-state index is 0.348. The van der Waals surface area contributed by atoms with Crippen LogP contribution in [-0.4, -0.2) is 23.7 Å². The third-order valence-corrected chi connectivity index (χ3v) is 1.75. The van der Waals surface area contributed by atoms with Crippen LogP contribution in [0.3, 0.4) is 0 Å². The fraction of sp³-hybridized carbons (Fsp3) is 0.250. The molecule has 1 amide bonds. The van der Waals surface area contributed by atoms with E-state index in [1.54, 1.807) is 0 Å². The summed E-state index contributed by atoms with van der Waals surface area (Å²) < 4.78 is 47.7. The first kappa shape index (κ1) is 13.7. The summed E-state index contributed by atoms with van der Waals surface area (Å²) in [6, 6.07) is 0.724. The number of hydrogen-bond acceptors (Lipinski definition) is 3. The van der Waals surface area contributed by atoms with E-state index in [0.717, 1.165) is 12.3 Å². The molecule has 0 radical (unpaired) electrons. The molecule has 0 saturated heterocycles. The van der Waals surface area contributed by atoms with Crippen molar-refractivity contribution in [2.24, 2.45) is 0 Å². The Labute approximate surface area is 97.5 Å². The number of nitrogens with one attached hydrogen (secondary N) is 1. The summed E-state index contributed by atoms with van der Waals surface area (Å²) in [7, 11) is 0. The van der Waals surface area contributed by atoms with Gasteiger partial charge in [-0.25, -0.2) is 14.9 Å². The molecule has 1 rings (SSSR count). The van der Waals surface area contributed by atoms with E-state index < -0.39 is 30.1 Å². The Morgan fingerprint density at radius 2 is 2.18 bits per heavy atom. The molecule has 4 nitrogen and oxygen atoms in total. The van der Waals surface area contributed by atoms with Crippen LogP contribution >= 0.6 is 11.6 Å². The molecule has 9 heteroatoms. The second-order valence-corrected chi connectivity index (χ2v) is 3.18. The number of pyridine rings is 1. The van der Waals surface area contributed by atoms with Gasteiger partial charge in [-0.15, -0.1) is 0 Å². The van der Waals surface area contributed by atoms with Gasteiger partial charge in [-0.2, -0.15) is 13.2 Å². The number of alkyl halides is 3. The van der Waals surface area contributed by atoms with Crippen LogP contribution in [0.5, 0.6) is 0 Å². The summed E-state index contributed by atoms with van der Waals surface area (Å²) in [5, 5.41) is -0.348. The third-order valence-electron chi connectivity index (χ3n) is 1.45. The van der Waals surface area contributed by atoms with Crippen LogP contribution in [0.15, 0.2) is 12.3 Å². The lowest BCUT2D eigenvalue weighted by atomic mass is 10.3. The molecule has 0 unspecified atom stereocenters. The van der Waals surface area contributed by atoms with Gasteiger partial charge >= 0.3 is 6.18 Å². The Bertz CT molecular complexity index is 424. The molecule has 1 N–H and O–H groups in total. The van der Waals surface area contributed by atoms with Crippen LogP contribution in [0.1, 0.15) is 10.4 Å². The Balaban J connectivity index is 2.61. The van der Waals surface area contributed by atoms with Crippen LogP contribution in [0.25, 0.3) is 0 Å². The first-order valence-electron chi connectivity index (χ1n) is 4.09. The first-order chi connectivity index (χ1) is 7.79. The second-order valence-electron chi connectivity index (χ2n) is 2.83. The molecule has 0 spiro atoms. The van der Waals surface area contributed by atoms with Crippen molar-refractivity contribution >= 4 is 17.5 Å². The average molecular weight is 273 g/mol. The van der Waals surface area contributed by atoms with Crippen molar-refractivity contribution in [2.75, 3.05) is 6.61 Å². The largest absolute Gasteiger partial charge is 0.414 e. The minimum Gasteiger partial charge on any atom is -0.267 e. The summed E-state index contributed by atoms with van der Waals surface area (Å²) in [6.07, 6.45) is -3.83. The molecule has 17 heavy (non-hydrogen) atoms. The topological polar surface area (TPSA) is 51.2 Å². The van der Waals surface area contributed by atoms with Crippen LogP contribution < -0.4 is 5.48 Å². The van der Waals surface area contributed by atoms with Gasteiger partial charge in [-0.1, -0.05) is 11.6 Å². The van der Waals surface area contributed by atoms with Crippen molar-refractivity contribution in [2.45, 2.75) is 6.18 Å². The number of nitrogens with zero attached hydrogens (tertiary/aromatic N) is 1. The average Bonchev–Trinajstić information content (AvgIpc) is 2.19. The standard InChI is InChI=1S/C8H5ClF4N2O2/c9-6-5(1-4(10)2-14-6)7(16)15-17-3-8(11,12)13/h1-2H,3H2,(H,15,16). The molecule has 1 heterocycles. The lowest BCUT2D eigenvalue weighted by molar-refractivity contribution is -0.184. The van der Waals surface area contributed by atoms with Gasteiger partial charge in [-0.05, 0) is 6.07 Å². The van der Waals surface area contributed by atoms with Gasteiger partial charge < -0.3 is 0 Å². The van der Waals surface area contributed by atoms with Crippen molar-refractivity contribution in [1.82, 2.24) is 10.5 Å². The molecule has 1 aromatic heterocycles. The van der Waals surface area contributed by atoms with Gasteiger partial charge in [-0.3, -0.25) is 9.63 Å². The van der Waals surface area contributed by atoms with Gasteiger partial charge in [0.2, 0.25) is 0 Å². The molecule has 0 aliphatic heterocycles. The summed E-state index contributed by atoms with van der Waals surface area (Å²) in [5.74, 6) is -1.97. The number of carbonyl (C=O) groups is 1. The predicted octanol–water partition coefficient (Wildman–Crippen LogP) is 2.10. The highest BCUT2D eigenvalue weighted by Crippen LogP contribution is 2.15. The number of carbonyl (C=O) groups excluding carboxylic acids is 1. The van der Waals surface area contributed by atoms with Crippen molar-refractivity contribution < 1.29 is 27.2 Å². The number of aromatic nitrogens is 1. The fourth-order valence-corrected chi connectivity index (χ4v) is 1.01. The Morgan fingerprint density at radius 1 is 1.53 bits per heavy atom. The molecule has 0 atom stereocenters. The summed E-state index contributed by atoms with van der Waals surface area (Å²) in [4.78, 5) is 18.4. The van der Waals surface area contributed by atoms with E-state index in [9.17, 15) is 22.4 Å². The van der Waals surface area contributed by atoms with Crippen molar-refractivity contribution in [1.29, 1.82) is 0 Å². The van der Waals surface area contributed by atoms with Gasteiger partial charge in [0.1, 0.15) is 11.0 Å². The SMILES string of the molecule is O=C(NOCC(F)(F)F)c1cc(F)cnc1Cl. The molecular formula is C8H5ClF4N2O2. The molecule has 0 aliphatic carbocycles. The maximum absolute atomic E-state index is 12.7. The quantitative estimate of drug-likeness (QED) is 0.521. The first-order valence-corrected chi connectivity index (χ1v) is 4.47. The summed E-state index contributed by atoms with van der Waals surface area (Å²) in [6.45, 7) is -1.67. The maximum atomic E-state index is 12.7. The fourth-order valence-electron chi connectivity index (χ4n) is 0.820. The number of hydrogen-bond donors (Lipinski definition) is 1. The monoisotopic (exact) mass is 272 g/mol. The van der Waals surface area contributed by atoms with E-state index >= 15 is 0 Å². The zero-order valence-corrected chi connectivity index (χ0v) is 8.77. The van der Waals surface area contributed by atoms with E-state index in [1.165, 1.54) is 5.48 Å². The van der Waals surface area contributed by atoms with Gasteiger partial charge in [0.05, 0.1) is 11.8 Å². The molecule has 0 aromatic carbocycles.